The van der Waals surface area contributed by atoms with E-state index >= 15 is 0 Å². The highest BCUT2D eigenvalue weighted by Gasteiger charge is 2.64. The summed E-state index contributed by atoms with van der Waals surface area (Å²) in [5.41, 5.74) is 1.10. The molecule has 2 saturated heterocycles. The Morgan fingerprint density at radius 2 is 1.61 bits per heavy atom. The molecule has 0 spiro atoms. The summed E-state index contributed by atoms with van der Waals surface area (Å²) < 4.78 is 40.9. The number of fused-ring (bicyclic) bond motifs is 5. The monoisotopic (exact) mass is 1110 g/mol. The number of aliphatic hydroxyl groups is 1. The SMILES string of the molecule is COc1cc(C(=O)N(C)[C@@H](C)C(=O)O[C@H]2CC(=O)N(C)c3cc(cc(OC)c3Cl)C/C(C)=C/C=C/[C@@H](OC)[C@]3(O)CC(=O)O[C@@H](C3)[C@@H](C)[C@@H]3O[C@@]23C)ccc1CC(=O)OCc1ccc(CC(=O)[C@H](C)NC(=O)[C@@H](C)C(C)C)cc1. The molecule has 10 atom stereocenters. The van der Waals surface area contributed by atoms with Crippen LogP contribution in [-0.2, 0) is 78.3 Å². The number of benzene rings is 3. The van der Waals surface area contributed by atoms with E-state index in [9.17, 15) is 38.7 Å². The molecule has 428 valence electrons. The van der Waals surface area contributed by atoms with Crippen molar-refractivity contribution in [1.29, 1.82) is 0 Å². The van der Waals surface area contributed by atoms with Crippen molar-refractivity contribution in [3.05, 3.63) is 111 Å². The van der Waals surface area contributed by atoms with E-state index in [1.165, 1.54) is 57.2 Å². The van der Waals surface area contributed by atoms with Gasteiger partial charge in [0.15, 0.2) is 5.78 Å². The van der Waals surface area contributed by atoms with Crippen molar-refractivity contribution in [3.63, 3.8) is 0 Å². The van der Waals surface area contributed by atoms with E-state index in [4.69, 9.17) is 44.8 Å². The molecule has 4 bridgehead atoms. The lowest BCUT2D eigenvalue weighted by molar-refractivity contribution is -0.187. The standard InChI is InChI=1S/C60H76ClN3O15/c1-33(2)35(4)56(69)62-37(6)45(65)25-39-17-19-40(20-18-39)32-76-52(67)28-42-21-22-43(27-46(42)73-11)57(70)63(9)38(7)58(71)78-50-29-51(66)64(10)44-24-41(26-47(74-12)54(44)61)23-34(3)15-14-16-49(75-13)60(72)30-48(77-53(68)31-60)36(5)55-59(50,8)79-55/h14-22,24,26-27,33,35-38,48-50,55,72H,23,25,28-32H2,1-13H3,(H,62,69)/b16-14+,34-15+/t35-,36+,37-,38-,48-,49+,50-,55-,59-,60+/m0/s1. The molecule has 3 heterocycles. The Bertz CT molecular complexity index is 2830. The zero-order valence-corrected chi connectivity index (χ0v) is 48.3. The lowest BCUT2D eigenvalue weighted by Crippen LogP contribution is -2.53. The van der Waals surface area contributed by atoms with Crippen LogP contribution in [0, 0.1) is 17.8 Å². The Labute approximate surface area is 468 Å². The molecule has 2 fully saturated rings. The number of Topliss-reactive ketones (excluding diaryl/α,β-unsaturated/α-hetero) is 1. The average molecular weight is 1110 g/mol. The van der Waals surface area contributed by atoms with Crippen LogP contribution >= 0.6 is 11.6 Å². The van der Waals surface area contributed by atoms with Crippen LogP contribution in [-0.4, -0.2) is 135 Å². The second kappa shape index (κ2) is 26.1. The second-order valence-corrected chi connectivity index (χ2v) is 22.1. The quantitative estimate of drug-likeness (QED) is 0.0769. The smallest absolute Gasteiger partial charge is 0.328 e. The molecule has 0 aromatic heterocycles. The molecule has 0 radical (unpaired) electrons. The molecular weight excluding hydrogens is 1040 g/mol. The van der Waals surface area contributed by atoms with E-state index in [2.05, 4.69) is 5.32 Å². The Kier molecular flexibility index (Phi) is 20.4. The molecular formula is C60H76ClN3O15. The minimum absolute atomic E-state index is 0.00199. The molecule has 3 aromatic carbocycles. The maximum atomic E-state index is 14.5. The van der Waals surface area contributed by atoms with Crippen molar-refractivity contribution >= 4 is 58.7 Å². The van der Waals surface area contributed by atoms with Gasteiger partial charge in [-0.15, -0.1) is 0 Å². The van der Waals surface area contributed by atoms with Crippen molar-refractivity contribution in [2.24, 2.45) is 17.8 Å². The third-order valence-corrected chi connectivity index (χ3v) is 16.0. The van der Waals surface area contributed by atoms with E-state index in [0.717, 1.165) is 16.7 Å². The number of anilines is 1. The zero-order valence-electron chi connectivity index (χ0n) is 47.5. The van der Waals surface area contributed by atoms with Gasteiger partial charge in [-0.2, -0.15) is 0 Å². The average Bonchev–Trinajstić information content (AvgIpc) is 4.23. The van der Waals surface area contributed by atoms with E-state index < -0.39 is 89.8 Å². The molecule has 19 heteroatoms. The number of carbonyl (C=O) groups is 7. The highest BCUT2D eigenvalue weighted by Crippen LogP contribution is 2.50. The summed E-state index contributed by atoms with van der Waals surface area (Å²) in [5.74, 6) is -3.50. The first-order valence-corrected chi connectivity index (χ1v) is 26.9. The van der Waals surface area contributed by atoms with Crippen molar-refractivity contribution in [2.75, 3.05) is 40.3 Å². The maximum Gasteiger partial charge on any atom is 0.328 e. The van der Waals surface area contributed by atoms with Gasteiger partial charge in [-0.05, 0) is 81.0 Å². The number of hydrogen-bond acceptors (Lipinski definition) is 15. The largest absolute Gasteiger partial charge is 0.496 e. The molecule has 0 aliphatic carbocycles. The van der Waals surface area contributed by atoms with Crippen molar-refractivity contribution in [2.45, 2.75) is 148 Å². The number of esters is 3. The number of amides is 3. The number of ether oxygens (including phenoxy) is 7. The summed E-state index contributed by atoms with van der Waals surface area (Å²) in [6, 6.07) is 13.3. The third-order valence-electron chi connectivity index (χ3n) is 15.6. The fourth-order valence-corrected chi connectivity index (χ4v) is 10.2. The normalized spacial score (nSPS) is 25.5. The summed E-state index contributed by atoms with van der Waals surface area (Å²) in [7, 11) is 7.30. The lowest BCUT2D eigenvalue weighted by Gasteiger charge is -2.41. The van der Waals surface area contributed by atoms with Crippen molar-refractivity contribution in [1.82, 2.24) is 10.2 Å². The number of methoxy groups -OCH3 is 3. The Morgan fingerprint density at radius 3 is 2.25 bits per heavy atom. The summed E-state index contributed by atoms with van der Waals surface area (Å²) in [6.07, 6.45) is 1.26. The van der Waals surface area contributed by atoms with Gasteiger partial charge in [-0.1, -0.05) is 93.4 Å². The maximum absolute atomic E-state index is 14.5. The summed E-state index contributed by atoms with van der Waals surface area (Å²) >= 11 is 6.85. The number of halogens is 1. The van der Waals surface area contributed by atoms with Crippen LogP contribution in [0.4, 0.5) is 5.69 Å². The number of allylic oxidation sites excluding steroid dienone is 3. The highest BCUT2D eigenvalue weighted by molar-refractivity contribution is 6.35. The first kappa shape index (κ1) is 61.6. The van der Waals surface area contributed by atoms with Gasteiger partial charge in [0.25, 0.3) is 5.91 Å². The summed E-state index contributed by atoms with van der Waals surface area (Å²) in [5, 5.41) is 15.0. The van der Waals surface area contributed by atoms with Crippen LogP contribution in [0.15, 0.2) is 78.4 Å². The first-order chi connectivity index (χ1) is 37.2. The minimum Gasteiger partial charge on any atom is -0.496 e. The highest BCUT2D eigenvalue weighted by atomic mass is 35.5. The van der Waals surface area contributed by atoms with Gasteiger partial charge in [0.1, 0.15) is 58.7 Å². The molecule has 0 saturated carbocycles. The topological polar surface area (TPSA) is 226 Å². The molecule has 2 N–H and O–H groups in total. The molecule has 18 nitrogen and oxygen atoms in total. The van der Waals surface area contributed by atoms with Gasteiger partial charge < -0.3 is 53.4 Å². The number of hydrogen-bond donors (Lipinski definition) is 2. The number of carbonyl (C=O) groups excluding carboxylic acids is 7. The van der Waals surface area contributed by atoms with Crippen LogP contribution in [0.25, 0.3) is 0 Å². The van der Waals surface area contributed by atoms with Gasteiger partial charge in [0.2, 0.25) is 11.8 Å². The van der Waals surface area contributed by atoms with E-state index in [-0.39, 0.29) is 72.2 Å². The van der Waals surface area contributed by atoms with Crippen LogP contribution < -0.4 is 19.7 Å². The fourth-order valence-electron chi connectivity index (χ4n) is 9.86. The number of nitrogens with zero attached hydrogens (tertiary/aromatic N) is 2. The third kappa shape index (κ3) is 14.8. The van der Waals surface area contributed by atoms with E-state index in [1.54, 1.807) is 82.4 Å². The summed E-state index contributed by atoms with van der Waals surface area (Å²) in [6.45, 7) is 14.3. The molecule has 79 heavy (non-hydrogen) atoms. The van der Waals surface area contributed by atoms with Crippen molar-refractivity contribution in [3.8, 4) is 11.5 Å². The summed E-state index contributed by atoms with van der Waals surface area (Å²) in [4.78, 5) is 97.0. The van der Waals surface area contributed by atoms with Gasteiger partial charge >= 0.3 is 17.9 Å². The second-order valence-electron chi connectivity index (χ2n) is 21.7. The number of ketones is 1. The first-order valence-electron chi connectivity index (χ1n) is 26.5. The van der Waals surface area contributed by atoms with Gasteiger partial charge in [-0.25, -0.2) is 4.79 Å². The van der Waals surface area contributed by atoms with E-state index in [1.807, 2.05) is 33.8 Å². The fraction of sp³-hybridized carbons (Fsp3) is 0.517. The number of nitrogens with one attached hydrogen (secondary N) is 1. The van der Waals surface area contributed by atoms with Gasteiger partial charge in [-0.3, -0.25) is 28.8 Å². The number of rotatable bonds is 17. The predicted molar refractivity (Wildman–Crippen MR) is 295 cm³/mol. The Morgan fingerprint density at radius 1 is 0.937 bits per heavy atom. The lowest BCUT2D eigenvalue weighted by atomic mass is 9.78. The predicted octanol–water partition coefficient (Wildman–Crippen LogP) is 7.28. The molecule has 3 amide bonds. The number of epoxide rings is 1. The van der Waals surface area contributed by atoms with Crippen LogP contribution in [0.5, 0.6) is 11.5 Å². The Hall–Kier alpha value is -6.60. The number of likely N-dealkylation sites (N-methyl/N-ethyl adjacent to an activating group) is 1. The molecule has 3 aliphatic heterocycles. The molecule has 3 aliphatic rings. The minimum atomic E-state index is -1.64. The van der Waals surface area contributed by atoms with Gasteiger partial charge in [0, 0.05) is 57.0 Å². The Balaban J connectivity index is 1.15. The van der Waals surface area contributed by atoms with Gasteiger partial charge in [0.05, 0.1) is 51.3 Å². The van der Waals surface area contributed by atoms with Crippen LogP contribution in [0.3, 0.4) is 0 Å². The molecule has 0 unspecified atom stereocenters. The zero-order chi connectivity index (χ0) is 58.3. The van der Waals surface area contributed by atoms with Crippen molar-refractivity contribution < 1.29 is 71.8 Å². The van der Waals surface area contributed by atoms with Crippen LogP contribution in [0.1, 0.15) is 107 Å². The molecule has 6 rings (SSSR count). The molecule has 3 aromatic rings. The van der Waals surface area contributed by atoms with Crippen LogP contribution in [0.2, 0.25) is 5.02 Å². The van der Waals surface area contributed by atoms with E-state index in [0.29, 0.717) is 29.0 Å².